The first-order chi connectivity index (χ1) is 10.2. The Morgan fingerprint density at radius 3 is 2.33 bits per heavy atom. The average Bonchev–Trinajstić information content (AvgIpc) is 2.54. The van der Waals surface area contributed by atoms with Crippen molar-refractivity contribution in [3.8, 4) is 5.75 Å². The fraction of sp³-hybridized carbons (Fsp3) is 0.167. The number of hydrogen-bond donors (Lipinski definition) is 0. The Bertz CT molecular complexity index is 613. The van der Waals surface area contributed by atoms with E-state index in [0.29, 0.717) is 12.2 Å². The molecule has 0 unspecified atom stereocenters. The molecule has 0 aliphatic rings. The van der Waals surface area contributed by atoms with E-state index in [1.165, 1.54) is 4.90 Å². The van der Waals surface area contributed by atoms with Crippen molar-refractivity contribution in [1.82, 2.24) is 0 Å². The molecule has 0 saturated heterocycles. The van der Waals surface area contributed by atoms with Crippen LogP contribution in [0, 0.1) is 0 Å². The van der Waals surface area contributed by atoms with Gasteiger partial charge in [-0.25, -0.2) is 0 Å². The first kappa shape index (κ1) is 15.4. The van der Waals surface area contributed by atoms with E-state index in [1.807, 2.05) is 55.7 Å². The molecule has 0 atom stereocenters. The van der Waals surface area contributed by atoms with Crippen molar-refractivity contribution in [2.75, 3.05) is 12.9 Å². The zero-order chi connectivity index (χ0) is 15.1. The Hall–Kier alpha value is -2.00. The molecule has 0 aromatic heterocycles. The molecule has 0 fully saturated rings. The van der Waals surface area contributed by atoms with Crippen molar-refractivity contribution in [3.05, 3.63) is 65.7 Å². The van der Waals surface area contributed by atoms with Crippen LogP contribution < -0.4 is 4.74 Å². The number of benzene rings is 2. The molecular formula is C18H18O2S. The molecule has 0 spiro atoms. The fourth-order valence-corrected chi connectivity index (χ4v) is 2.27. The number of ketones is 1. The third kappa shape index (κ3) is 4.50. The van der Waals surface area contributed by atoms with E-state index in [-0.39, 0.29) is 5.78 Å². The summed E-state index contributed by atoms with van der Waals surface area (Å²) in [5, 5.41) is 0. The molecule has 0 radical (unpaired) electrons. The average molecular weight is 298 g/mol. The van der Waals surface area contributed by atoms with Crippen LogP contribution in [0.15, 0.2) is 59.5 Å². The maximum absolute atomic E-state index is 12.1. The second-order valence-corrected chi connectivity index (χ2v) is 5.31. The number of rotatable bonds is 6. The normalized spacial score (nSPS) is 10.8. The number of allylic oxidation sites excluding steroid dienone is 1. The molecular weight excluding hydrogens is 280 g/mol. The molecule has 108 valence electrons. The molecule has 0 saturated carbocycles. The third-order valence-electron chi connectivity index (χ3n) is 2.99. The van der Waals surface area contributed by atoms with Gasteiger partial charge in [-0.1, -0.05) is 18.2 Å². The van der Waals surface area contributed by atoms with Gasteiger partial charge < -0.3 is 4.74 Å². The highest BCUT2D eigenvalue weighted by Gasteiger charge is 2.02. The maximum Gasteiger partial charge on any atom is 0.185 e. The summed E-state index contributed by atoms with van der Waals surface area (Å²) in [4.78, 5) is 13.3. The van der Waals surface area contributed by atoms with Gasteiger partial charge in [0.05, 0.1) is 6.61 Å². The van der Waals surface area contributed by atoms with E-state index >= 15 is 0 Å². The van der Waals surface area contributed by atoms with Crippen molar-refractivity contribution < 1.29 is 9.53 Å². The quantitative estimate of drug-likeness (QED) is 0.439. The van der Waals surface area contributed by atoms with Gasteiger partial charge in [0, 0.05) is 10.5 Å². The van der Waals surface area contributed by atoms with Gasteiger partial charge in [-0.2, -0.15) is 0 Å². The molecule has 0 heterocycles. The number of thioether (sulfide) groups is 1. The Morgan fingerprint density at radius 2 is 1.76 bits per heavy atom. The summed E-state index contributed by atoms with van der Waals surface area (Å²) in [6.07, 6.45) is 5.48. The fourth-order valence-electron chi connectivity index (χ4n) is 1.87. The topological polar surface area (TPSA) is 26.3 Å². The maximum atomic E-state index is 12.1. The highest BCUT2D eigenvalue weighted by Crippen LogP contribution is 2.16. The molecule has 2 nitrogen and oxygen atoms in total. The van der Waals surface area contributed by atoms with Crippen molar-refractivity contribution in [3.63, 3.8) is 0 Å². The van der Waals surface area contributed by atoms with E-state index in [2.05, 4.69) is 0 Å². The van der Waals surface area contributed by atoms with E-state index in [9.17, 15) is 4.79 Å². The lowest BCUT2D eigenvalue weighted by Crippen LogP contribution is -1.95. The van der Waals surface area contributed by atoms with Crippen molar-refractivity contribution in [2.45, 2.75) is 11.8 Å². The molecule has 0 amide bonds. The second-order valence-electron chi connectivity index (χ2n) is 4.43. The van der Waals surface area contributed by atoms with Crippen molar-refractivity contribution in [1.29, 1.82) is 0 Å². The van der Waals surface area contributed by atoms with Crippen LogP contribution in [0.25, 0.3) is 6.08 Å². The summed E-state index contributed by atoms with van der Waals surface area (Å²) in [6.45, 7) is 2.56. The Morgan fingerprint density at radius 1 is 1.10 bits per heavy atom. The molecule has 2 aromatic rings. The Labute approximate surface area is 129 Å². The molecule has 0 aliphatic carbocycles. The number of hydrogen-bond acceptors (Lipinski definition) is 3. The summed E-state index contributed by atoms with van der Waals surface area (Å²) in [7, 11) is 0. The SMILES string of the molecule is CCOc1ccc(C(=O)/C=C/c2ccc(SC)cc2)cc1. The van der Waals surface area contributed by atoms with Gasteiger partial charge >= 0.3 is 0 Å². The summed E-state index contributed by atoms with van der Waals surface area (Å²) in [5.74, 6) is 0.776. The summed E-state index contributed by atoms with van der Waals surface area (Å²) >= 11 is 1.70. The smallest absolute Gasteiger partial charge is 0.185 e. The number of carbonyl (C=O) groups excluding carboxylic acids is 1. The molecule has 3 heteroatoms. The van der Waals surface area contributed by atoms with Gasteiger partial charge in [0.15, 0.2) is 5.78 Å². The minimum absolute atomic E-state index is 0.00742. The van der Waals surface area contributed by atoms with Crippen LogP contribution in [0.5, 0.6) is 5.75 Å². The third-order valence-corrected chi connectivity index (χ3v) is 3.74. The molecule has 0 aliphatic heterocycles. The molecule has 2 rings (SSSR count). The van der Waals surface area contributed by atoms with Crippen LogP contribution >= 0.6 is 11.8 Å². The van der Waals surface area contributed by atoms with Gasteiger partial charge in [-0.05, 0) is 61.2 Å². The van der Waals surface area contributed by atoms with Crippen LogP contribution in [0.4, 0.5) is 0 Å². The molecule has 0 N–H and O–H groups in total. The summed E-state index contributed by atoms with van der Waals surface area (Å²) in [5.41, 5.74) is 1.68. The van der Waals surface area contributed by atoms with Gasteiger partial charge in [0.25, 0.3) is 0 Å². The lowest BCUT2D eigenvalue weighted by atomic mass is 10.1. The van der Waals surface area contributed by atoms with Crippen molar-refractivity contribution in [2.24, 2.45) is 0 Å². The lowest BCUT2D eigenvalue weighted by molar-refractivity contribution is 0.104. The van der Waals surface area contributed by atoms with Gasteiger partial charge in [-0.3, -0.25) is 4.79 Å². The van der Waals surface area contributed by atoms with Crippen LogP contribution in [-0.4, -0.2) is 18.6 Å². The van der Waals surface area contributed by atoms with E-state index in [4.69, 9.17) is 4.74 Å². The van der Waals surface area contributed by atoms with Gasteiger partial charge in [-0.15, -0.1) is 11.8 Å². The van der Waals surface area contributed by atoms with Crippen LogP contribution in [0.1, 0.15) is 22.8 Å². The number of carbonyl (C=O) groups is 1. The predicted octanol–water partition coefficient (Wildman–Crippen LogP) is 4.70. The molecule has 21 heavy (non-hydrogen) atoms. The van der Waals surface area contributed by atoms with E-state index in [1.54, 1.807) is 30.0 Å². The Kier molecular flexibility index (Phi) is 5.64. The largest absolute Gasteiger partial charge is 0.494 e. The minimum Gasteiger partial charge on any atom is -0.494 e. The van der Waals surface area contributed by atoms with Crippen LogP contribution in [0.2, 0.25) is 0 Å². The highest BCUT2D eigenvalue weighted by molar-refractivity contribution is 7.98. The van der Waals surface area contributed by atoms with E-state index < -0.39 is 0 Å². The monoisotopic (exact) mass is 298 g/mol. The second kappa shape index (κ2) is 7.70. The number of ether oxygens (including phenoxy) is 1. The standard InChI is InChI=1S/C18H18O2S/c1-3-20-16-9-7-15(8-10-16)18(19)13-6-14-4-11-17(21-2)12-5-14/h4-13H,3H2,1-2H3/b13-6+. The van der Waals surface area contributed by atoms with Crippen LogP contribution in [0.3, 0.4) is 0 Å². The van der Waals surface area contributed by atoms with Crippen molar-refractivity contribution >= 4 is 23.6 Å². The zero-order valence-corrected chi connectivity index (χ0v) is 13.0. The zero-order valence-electron chi connectivity index (χ0n) is 12.2. The Balaban J connectivity index is 2.03. The predicted molar refractivity (Wildman–Crippen MR) is 89.2 cm³/mol. The summed E-state index contributed by atoms with van der Waals surface area (Å²) in [6, 6.07) is 15.3. The lowest BCUT2D eigenvalue weighted by Gasteiger charge is -2.02. The molecule has 2 aromatic carbocycles. The van der Waals surface area contributed by atoms with Gasteiger partial charge in [0.1, 0.15) is 5.75 Å². The van der Waals surface area contributed by atoms with Gasteiger partial charge in [0.2, 0.25) is 0 Å². The highest BCUT2D eigenvalue weighted by atomic mass is 32.2. The summed E-state index contributed by atoms with van der Waals surface area (Å²) < 4.78 is 5.36. The first-order valence-electron chi connectivity index (χ1n) is 6.82. The van der Waals surface area contributed by atoms with E-state index in [0.717, 1.165) is 11.3 Å². The first-order valence-corrected chi connectivity index (χ1v) is 8.04. The molecule has 0 bridgehead atoms. The van der Waals surface area contributed by atoms with Crippen LogP contribution in [-0.2, 0) is 0 Å². The minimum atomic E-state index is -0.00742.